The van der Waals surface area contributed by atoms with E-state index in [9.17, 15) is 9.59 Å². The summed E-state index contributed by atoms with van der Waals surface area (Å²) >= 11 is 0. The standard InChI is InChI=1S/C16H23NO4/c1-5-17(10-16(19)20-4)15(18)11-21-14-9-7-6-8-13(14)12(2)3/h6-9,12H,5,10-11H2,1-4H3. The second kappa shape index (κ2) is 8.29. The average Bonchev–Trinajstić information content (AvgIpc) is 2.49. The number of hydrogen-bond acceptors (Lipinski definition) is 4. The van der Waals surface area contributed by atoms with E-state index in [0.29, 0.717) is 18.2 Å². The molecule has 5 heteroatoms. The van der Waals surface area contributed by atoms with E-state index in [1.54, 1.807) is 0 Å². The Morgan fingerprint density at radius 2 is 1.90 bits per heavy atom. The topological polar surface area (TPSA) is 55.8 Å². The van der Waals surface area contributed by atoms with E-state index in [4.69, 9.17) is 4.74 Å². The highest BCUT2D eigenvalue weighted by atomic mass is 16.5. The fourth-order valence-corrected chi connectivity index (χ4v) is 1.92. The van der Waals surface area contributed by atoms with Gasteiger partial charge in [0.15, 0.2) is 6.61 Å². The second-order valence-corrected chi connectivity index (χ2v) is 4.97. The maximum Gasteiger partial charge on any atom is 0.325 e. The lowest BCUT2D eigenvalue weighted by molar-refractivity contribution is -0.147. The third kappa shape index (κ3) is 5.10. The van der Waals surface area contributed by atoms with Crippen molar-refractivity contribution in [2.45, 2.75) is 26.7 Å². The van der Waals surface area contributed by atoms with Crippen LogP contribution in [0.1, 0.15) is 32.3 Å². The molecule has 0 aliphatic rings. The van der Waals surface area contributed by atoms with Gasteiger partial charge >= 0.3 is 5.97 Å². The lowest BCUT2D eigenvalue weighted by Gasteiger charge is -2.20. The molecule has 0 aromatic heterocycles. The molecule has 0 aliphatic heterocycles. The van der Waals surface area contributed by atoms with Crippen molar-refractivity contribution in [3.8, 4) is 5.75 Å². The minimum absolute atomic E-state index is 0.0545. The normalized spacial score (nSPS) is 10.3. The van der Waals surface area contributed by atoms with Gasteiger partial charge in [-0.1, -0.05) is 32.0 Å². The van der Waals surface area contributed by atoms with Crippen molar-refractivity contribution in [3.63, 3.8) is 0 Å². The predicted octanol–water partition coefficient (Wildman–Crippen LogP) is 2.21. The van der Waals surface area contributed by atoms with Crippen molar-refractivity contribution >= 4 is 11.9 Å². The molecule has 21 heavy (non-hydrogen) atoms. The first-order chi connectivity index (χ1) is 9.99. The number of amides is 1. The Balaban J connectivity index is 2.65. The third-order valence-electron chi connectivity index (χ3n) is 3.17. The Morgan fingerprint density at radius 1 is 1.24 bits per heavy atom. The van der Waals surface area contributed by atoms with Crippen LogP contribution in [0, 0.1) is 0 Å². The van der Waals surface area contributed by atoms with Gasteiger partial charge < -0.3 is 14.4 Å². The Labute approximate surface area is 125 Å². The van der Waals surface area contributed by atoms with Crippen LogP contribution in [-0.4, -0.2) is 43.6 Å². The molecule has 0 atom stereocenters. The van der Waals surface area contributed by atoms with Crippen LogP contribution in [0.2, 0.25) is 0 Å². The molecule has 5 nitrogen and oxygen atoms in total. The largest absolute Gasteiger partial charge is 0.483 e. The first-order valence-electron chi connectivity index (χ1n) is 7.05. The van der Waals surface area contributed by atoms with E-state index in [-0.39, 0.29) is 19.1 Å². The molecule has 0 spiro atoms. The fourth-order valence-electron chi connectivity index (χ4n) is 1.92. The predicted molar refractivity (Wildman–Crippen MR) is 80.3 cm³/mol. The number of para-hydroxylation sites is 1. The van der Waals surface area contributed by atoms with E-state index in [2.05, 4.69) is 18.6 Å². The van der Waals surface area contributed by atoms with E-state index in [1.807, 2.05) is 31.2 Å². The maximum absolute atomic E-state index is 12.1. The van der Waals surface area contributed by atoms with Gasteiger partial charge in [-0.05, 0) is 24.5 Å². The first kappa shape index (κ1) is 17.0. The Bertz CT molecular complexity index is 485. The highest BCUT2D eigenvalue weighted by Crippen LogP contribution is 2.25. The molecule has 1 aromatic carbocycles. The molecule has 0 aliphatic carbocycles. The van der Waals surface area contributed by atoms with E-state index < -0.39 is 5.97 Å². The summed E-state index contributed by atoms with van der Waals surface area (Å²) < 4.78 is 10.2. The number of rotatable bonds is 7. The number of esters is 1. The van der Waals surface area contributed by atoms with Crippen LogP contribution in [0.3, 0.4) is 0 Å². The van der Waals surface area contributed by atoms with Crippen LogP contribution < -0.4 is 4.74 Å². The number of methoxy groups -OCH3 is 1. The Kier molecular flexibility index (Phi) is 6.72. The van der Waals surface area contributed by atoms with Crippen LogP contribution in [-0.2, 0) is 14.3 Å². The summed E-state index contributed by atoms with van der Waals surface area (Å²) in [5.74, 6) is 0.345. The zero-order chi connectivity index (χ0) is 15.8. The number of ether oxygens (including phenoxy) is 2. The van der Waals surface area contributed by atoms with Gasteiger partial charge in [0.1, 0.15) is 12.3 Å². The number of likely N-dealkylation sites (N-methyl/N-ethyl adjacent to an activating group) is 1. The third-order valence-corrected chi connectivity index (χ3v) is 3.17. The highest BCUT2D eigenvalue weighted by Gasteiger charge is 2.17. The van der Waals surface area contributed by atoms with Gasteiger partial charge in [-0.3, -0.25) is 9.59 Å². The summed E-state index contributed by atoms with van der Waals surface area (Å²) in [5, 5.41) is 0. The van der Waals surface area contributed by atoms with Gasteiger partial charge in [-0.25, -0.2) is 0 Å². The molecule has 116 valence electrons. The molecule has 0 saturated heterocycles. The molecule has 0 radical (unpaired) electrons. The smallest absolute Gasteiger partial charge is 0.325 e. The molecule has 0 bridgehead atoms. The molecular weight excluding hydrogens is 270 g/mol. The SMILES string of the molecule is CCN(CC(=O)OC)C(=O)COc1ccccc1C(C)C. The summed E-state index contributed by atoms with van der Waals surface area (Å²) in [5.41, 5.74) is 1.06. The zero-order valence-corrected chi connectivity index (χ0v) is 13.1. The van der Waals surface area contributed by atoms with E-state index >= 15 is 0 Å². The quantitative estimate of drug-likeness (QED) is 0.723. The van der Waals surface area contributed by atoms with Crippen LogP contribution in [0.4, 0.5) is 0 Å². The number of carbonyl (C=O) groups is 2. The van der Waals surface area contributed by atoms with E-state index in [0.717, 1.165) is 5.56 Å². The Hall–Kier alpha value is -2.04. The van der Waals surface area contributed by atoms with Crippen molar-refractivity contribution in [1.29, 1.82) is 0 Å². The number of nitrogens with zero attached hydrogens (tertiary/aromatic N) is 1. The summed E-state index contributed by atoms with van der Waals surface area (Å²) in [6.45, 7) is 6.24. The van der Waals surface area contributed by atoms with Crippen molar-refractivity contribution in [2.24, 2.45) is 0 Å². The molecule has 1 aromatic rings. The molecule has 0 heterocycles. The molecule has 1 amide bonds. The van der Waals surface area contributed by atoms with Crippen LogP contribution >= 0.6 is 0 Å². The fraction of sp³-hybridized carbons (Fsp3) is 0.500. The van der Waals surface area contributed by atoms with Crippen molar-refractivity contribution < 1.29 is 19.1 Å². The minimum Gasteiger partial charge on any atom is -0.483 e. The lowest BCUT2D eigenvalue weighted by Crippen LogP contribution is -2.39. The van der Waals surface area contributed by atoms with E-state index in [1.165, 1.54) is 12.0 Å². The molecule has 0 unspecified atom stereocenters. The average molecular weight is 293 g/mol. The van der Waals surface area contributed by atoms with Crippen LogP contribution in [0.25, 0.3) is 0 Å². The van der Waals surface area contributed by atoms with Gasteiger partial charge in [0.25, 0.3) is 5.91 Å². The number of benzene rings is 1. The van der Waals surface area contributed by atoms with Crippen molar-refractivity contribution in [3.05, 3.63) is 29.8 Å². The zero-order valence-electron chi connectivity index (χ0n) is 13.1. The van der Waals surface area contributed by atoms with Gasteiger partial charge in [0, 0.05) is 6.54 Å². The molecule has 0 saturated carbocycles. The summed E-state index contributed by atoms with van der Waals surface area (Å²) in [4.78, 5) is 24.7. The second-order valence-electron chi connectivity index (χ2n) is 4.97. The molecule has 0 N–H and O–H groups in total. The summed E-state index contributed by atoms with van der Waals surface area (Å²) in [6, 6.07) is 7.65. The van der Waals surface area contributed by atoms with Gasteiger partial charge in [-0.15, -0.1) is 0 Å². The monoisotopic (exact) mass is 293 g/mol. The van der Waals surface area contributed by atoms with Crippen molar-refractivity contribution in [1.82, 2.24) is 4.90 Å². The maximum atomic E-state index is 12.1. The molecular formula is C16H23NO4. The van der Waals surface area contributed by atoms with Gasteiger partial charge in [0.05, 0.1) is 7.11 Å². The summed E-state index contributed by atoms with van der Waals surface area (Å²) in [6.07, 6.45) is 0. The van der Waals surface area contributed by atoms with Crippen LogP contribution in [0.15, 0.2) is 24.3 Å². The Morgan fingerprint density at radius 3 is 2.48 bits per heavy atom. The summed E-state index contributed by atoms with van der Waals surface area (Å²) in [7, 11) is 1.30. The molecule has 1 rings (SSSR count). The van der Waals surface area contributed by atoms with Crippen molar-refractivity contribution in [2.75, 3.05) is 26.8 Å². The van der Waals surface area contributed by atoms with Gasteiger partial charge in [-0.2, -0.15) is 0 Å². The first-order valence-corrected chi connectivity index (χ1v) is 7.05. The highest BCUT2D eigenvalue weighted by molar-refractivity contribution is 5.83. The lowest BCUT2D eigenvalue weighted by atomic mass is 10.0. The molecule has 0 fully saturated rings. The van der Waals surface area contributed by atoms with Crippen LogP contribution in [0.5, 0.6) is 5.75 Å². The number of hydrogen-bond donors (Lipinski definition) is 0. The van der Waals surface area contributed by atoms with Gasteiger partial charge in [0.2, 0.25) is 0 Å². The number of carbonyl (C=O) groups excluding carboxylic acids is 2. The minimum atomic E-state index is -0.437.